The molecule has 0 amide bonds. The van der Waals surface area contributed by atoms with E-state index in [1.54, 1.807) is 30.3 Å². The molecule has 6 nitrogen and oxygen atoms in total. The SMILES string of the molecule is N#Cc1nn(C(=O)c2cc3ccccc3[nH]2)c2c1C(=O)c1ccccc1-2. The van der Waals surface area contributed by atoms with E-state index >= 15 is 0 Å². The van der Waals surface area contributed by atoms with E-state index in [0.717, 1.165) is 15.6 Å². The Labute approximate surface area is 147 Å². The zero-order valence-electron chi connectivity index (χ0n) is 13.4. The van der Waals surface area contributed by atoms with Crippen LogP contribution in [0.25, 0.3) is 22.2 Å². The molecule has 0 radical (unpaired) electrons. The Morgan fingerprint density at radius 2 is 1.81 bits per heavy atom. The lowest BCUT2D eigenvalue weighted by atomic mass is 10.1. The second kappa shape index (κ2) is 5.01. The predicted molar refractivity (Wildman–Crippen MR) is 93.8 cm³/mol. The maximum Gasteiger partial charge on any atom is 0.295 e. The highest BCUT2D eigenvalue weighted by atomic mass is 16.2. The Morgan fingerprint density at radius 3 is 2.58 bits per heavy atom. The van der Waals surface area contributed by atoms with Crippen LogP contribution in [0, 0.1) is 11.3 Å². The Morgan fingerprint density at radius 1 is 1.08 bits per heavy atom. The van der Waals surface area contributed by atoms with Crippen LogP contribution >= 0.6 is 0 Å². The van der Waals surface area contributed by atoms with Gasteiger partial charge in [-0.2, -0.15) is 15.0 Å². The maximum atomic E-state index is 13.1. The number of hydrogen-bond donors (Lipinski definition) is 1. The molecule has 2 aromatic heterocycles. The average molecular weight is 338 g/mol. The molecule has 0 aliphatic heterocycles. The van der Waals surface area contributed by atoms with Gasteiger partial charge in [-0.3, -0.25) is 9.59 Å². The number of rotatable bonds is 1. The third-order valence-corrected chi connectivity index (χ3v) is 4.60. The summed E-state index contributed by atoms with van der Waals surface area (Å²) in [5.41, 5.74) is 2.81. The van der Waals surface area contributed by atoms with E-state index in [2.05, 4.69) is 10.1 Å². The molecule has 1 aliphatic rings. The number of carbonyl (C=O) groups is 2. The first kappa shape index (κ1) is 14.4. The predicted octanol–water partition coefficient (Wildman–Crippen LogP) is 3.14. The number of para-hydroxylation sites is 1. The molecule has 2 heterocycles. The first-order valence-corrected chi connectivity index (χ1v) is 7.98. The summed E-state index contributed by atoms with van der Waals surface area (Å²) >= 11 is 0. The lowest BCUT2D eigenvalue weighted by molar-refractivity contribution is 0.0942. The minimum atomic E-state index is -0.413. The number of H-pyrrole nitrogens is 1. The third kappa shape index (κ3) is 1.77. The van der Waals surface area contributed by atoms with Gasteiger partial charge >= 0.3 is 0 Å². The zero-order chi connectivity index (χ0) is 17.8. The number of benzene rings is 2. The molecular weight excluding hydrogens is 328 g/mol. The van der Waals surface area contributed by atoms with Crippen molar-refractivity contribution >= 4 is 22.6 Å². The summed E-state index contributed by atoms with van der Waals surface area (Å²) in [7, 11) is 0. The van der Waals surface area contributed by atoms with Crippen molar-refractivity contribution in [1.29, 1.82) is 5.26 Å². The number of ketones is 1. The Kier molecular flexibility index (Phi) is 2.77. The van der Waals surface area contributed by atoms with Crippen LogP contribution in [-0.2, 0) is 0 Å². The largest absolute Gasteiger partial charge is 0.350 e. The lowest BCUT2D eigenvalue weighted by Crippen LogP contribution is -2.15. The summed E-state index contributed by atoms with van der Waals surface area (Å²) in [4.78, 5) is 28.8. The van der Waals surface area contributed by atoms with Crippen LogP contribution in [-0.4, -0.2) is 26.5 Å². The van der Waals surface area contributed by atoms with Gasteiger partial charge in [0.25, 0.3) is 5.91 Å². The van der Waals surface area contributed by atoms with Crippen molar-refractivity contribution in [1.82, 2.24) is 14.8 Å². The van der Waals surface area contributed by atoms with E-state index in [4.69, 9.17) is 0 Å². The molecule has 1 aliphatic carbocycles. The van der Waals surface area contributed by atoms with Crippen LogP contribution in [0.2, 0.25) is 0 Å². The molecule has 0 fully saturated rings. The van der Waals surface area contributed by atoms with Gasteiger partial charge in [0.1, 0.15) is 11.8 Å². The summed E-state index contributed by atoms with van der Waals surface area (Å²) in [6, 6.07) is 18.2. The molecule has 4 aromatic rings. The highest BCUT2D eigenvalue weighted by Gasteiger charge is 2.36. The Hall–Kier alpha value is -3.98. The third-order valence-electron chi connectivity index (χ3n) is 4.60. The van der Waals surface area contributed by atoms with E-state index in [1.165, 1.54) is 0 Å². The van der Waals surface area contributed by atoms with Gasteiger partial charge in [-0.25, -0.2) is 0 Å². The van der Waals surface area contributed by atoms with Crippen molar-refractivity contribution < 1.29 is 9.59 Å². The fraction of sp³-hybridized carbons (Fsp3) is 0. The van der Waals surface area contributed by atoms with Gasteiger partial charge in [0.05, 0.1) is 11.3 Å². The number of carbonyl (C=O) groups excluding carboxylic acids is 2. The topological polar surface area (TPSA) is 91.5 Å². The second-order valence-electron chi connectivity index (χ2n) is 6.05. The summed E-state index contributed by atoms with van der Waals surface area (Å²) < 4.78 is 1.16. The van der Waals surface area contributed by atoms with Gasteiger partial charge in [-0.15, -0.1) is 0 Å². The van der Waals surface area contributed by atoms with Crippen LogP contribution in [0.4, 0.5) is 0 Å². The van der Waals surface area contributed by atoms with E-state index in [9.17, 15) is 14.9 Å². The minimum Gasteiger partial charge on any atom is -0.350 e. The molecular formula is C20H10N4O2. The minimum absolute atomic E-state index is 0.0364. The molecule has 1 N–H and O–H groups in total. The monoisotopic (exact) mass is 338 g/mol. The molecule has 0 saturated heterocycles. The number of fused-ring (bicyclic) bond motifs is 4. The molecule has 0 saturated carbocycles. The number of nitrogens with one attached hydrogen (secondary N) is 1. The van der Waals surface area contributed by atoms with Gasteiger partial charge in [0, 0.05) is 22.0 Å². The van der Waals surface area contributed by atoms with Crippen molar-refractivity contribution in [3.8, 4) is 17.3 Å². The first-order chi connectivity index (χ1) is 12.7. The Balaban J connectivity index is 1.75. The maximum absolute atomic E-state index is 13.1. The average Bonchev–Trinajstić information content (AvgIpc) is 3.34. The number of hydrogen-bond acceptors (Lipinski definition) is 4. The van der Waals surface area contributed by atoms with Gasteiger partial charge in [-0.1, -0.05) is 42.5 Å². The van der Waals surface area contributed by atoms with E-state index in [-0.39, 0.29) is 17.0 Å². The highest BCUT2D eigenvalue weighted by molar-refractivity contribution is 6.23. The summed E-state index contributed by atoms with van der Waals surface area (Å²) in [5.74, 6) is -0.689. The number of nitrogens with zero attached hydrogens (tertiary/aromatic N) is 3. The molecule has 0 atom stereocenters. The highest BCUT2D eigenvalue weighted by Crippen LogP contribution is 2.38. The first-order valence-electron chi connectivity index (χ1n) is 7.98. The summed E-state index contributed by atoms with van der Waals surface area (Å²) in [5, 5.41) is 14.4. The van der Waals surface area contributed by atoms with E-state index < -0.39 is 5.91 Å². The van der Waals surface area contributed by atoms with Crippen LogP contribution in [0.3, 0.4) is 0 Å². The molecule has 5 rings (SSSR count). The number of aromatic amines is 1. The molecule has 2 aromatic carbocycles. The zero-order valence-corrected chi connectivity index (χ0v) is 13.4. The fourth-order valence-corrected chi connectivity index (χ4v) is 3.43. The molecule has 0 bridgehead atoms. The molecule has 26 heavy (non-hydrogen) atoms. The van der Waals surface area contributed by atoms with Gasteiger partial charge in [-0.05, 0) is 12.1 Å². The van der Waals surface area contributed by atoms with E-state index in [0.29, 0.717) is 22.5 Å². The summed E-state index contributed by atoms with van der Waals surface area (Å²) in [6.07, 6.45) is 0. The van der Waals surface area contributed by atoms with Crippen molar-refractivity contribution in [3.05, 3.63) is 77.1 Å². The van der Waals surface area contributed by atoms with Gasteiger partial charge < -0.3 is 4.98 Å². The molecule has 0 unspecified atom stereocenters. The smallest absolute Gasteiger partial charge is 0.295 e. The molecule has 122 valence electrons. The van der Waals surface area contributed by atoms with Crippen molar-refractivity contribution in [2.75, 3.05) is 0 Å². The van der Waals surface area contributed by atoms with Crippen LogP contribution in [0.5, 0.6) is 0 Å². The van der Waals surface area contributed by atoms with Crippen LogP contribution in [0.1, 0.15) is 32.1 Å². The number of nitriles is 1. The van der Waals surface area contributed by atoms with Crippen LogP contribution < -0.4 is 0 Å². The number of aromatic nitrogens is 3. The quantitative estimate of drug-likeness (QED) is 0.508. The fourth-order valence-electron chi connectivity index (χ4n) is 3.43. The van der Waals surface area contributed by atoms with Crippen LogP contribution in [0.15, 0.2) is 54.6 Å². The van der Waals surface area contributed by atoms with Crippen molar-refractivity contribution in [3.63, 3.8) is 0 Å². The standard InChI is InChI=1S/C20H10N4O2/c21-10-16-17-18(12-6-2-3-7-13(12)19(17)25)24(23-16)20(26)15-9-11-5-1-4-8-14(11)22-15/h1-9,22H. The normalized spacial score (nSPS) is 12.0. The lowest BCUT2D eigenvalue weighted by Gasteiger charge is -2.04. The molecule has 6 heteroatoms. The van der Waals surface area contributed by atoms with Gasteiger partial charge in [0.15, 0.2) is 11.5 Å². The van der Waals surface area contributed by atoms with E-state index in [1.807, 2.05) is 30.3 Å². The molecule has 0 spiro atoms. The summed E-state index contributed by atoms with van der Waals surface area (Å²) in [6.45, 7) is 0. The van der Waals surface area contributed by atoms with Crippen molar-refractivity contribution in [2.24, 2.45) is 0 Å². The second-order valence-corrected chi connectivity index (χ2v) is 6.05. The Bertz CT molecular complexity index is 1250. The van der Waals surface area contributed by atoms with Gasteiger partial charge in [0.2, 0.25) is 0 Å². The van der Waals surface area contributed by atoms with Crippen molar-refractivity contribution in [2.45, 2.75) is 0 Å².